The lowest BCUT2D eigenvalue weighted by Gasteiger charge is -2.25. The molecule has 0 aliphatic heterocycles. The van der Waals surface area contributed by atoms with Crippen LogP contribution in [0.15, 0.2) is 18.5 Å². The van der Waals surface area contributed by atoms with Gasteiger partial charge < -0.3 is 5.32 Å². The molecule has 0 aromatic carbocycles. The Balaban J connectivity index is 2.03. The molecule has 0 atom stereocenters. The number of aromatic nitrogens is 2. The normalized spacial score (nSPS) is 16.1. The first kappa shape index (κ1) is 10.1. The molecular formula is C11H15N3O. The van der Waals surface area contributed by atoms with E-state index in [1.54, 1.807) is 18.5 Å². The minimum absolute atomic E-state index is 0.143. The third kappa shape index (κ3) is 2.32. The predicted molar refractivity (Wildman–Crippen MR) is 56.3 cm³/mol. The van der Waals surface area contributed by atoms with Gasteiger partial charge in [0.25, 0.3) is 5.91 Å². The van der Waals surface area contributed by atoms with Crippen LogP contribution in [0.25, 0.3) is 0 Å². The summed E-state index contributed by atoms with van der Waals surface area (Å²) >= 11 is 0. The molecule has 0 saturated heterocycles. The van der Waals surface area contributed by atoms with E-state index >= 15 is 0 Å². The molecule has 0 unspecified atom stereocenters. The summed E-state index contributed by atoms with van der Waals surface area (Å²) in [5, 5.41) is 2.97. The molecule has 80 valence electrons. The molecule has 0 spiro atoms. The second-order valence-corrected chi connectivity index (χ2v) is 4.52. The fraction of sp³-hybridized carbons (Fsp3) is 0.545. The van der Waals surface area contributed by atoms with Gasteiger partial charge in [-0.15, -0.1) is 0 Å². The van der Waals surface area contributed by atoms with Crippen LogP contribution in [0.3, 0.4) is 0 Å². The van der Waals surface area contributed by atoms with E-state index in [9.17, 15) is 4.79 Å². The molecule has 4 nitrogen and oxygen atoms in total. The largest absolute Gasteiger partial charge is 0.344 e. The number of carbonyl (C=O) groups is 1. The Morgan fingerprint density at radius 2 is 2.00 bits per heavy atom. The number of carbonyl (C=O) groups excluding carboxylic acids is 1. The summed E-state index contributed by atoms with van der Waals surface area (Å²) in [6, 6.07) is 1.70. The van der Waals surface area contributed by atoms with Crippen molar-refractivity contribution in [3.8, 4) is 0 Å². The quantitative estimate of drug-likeness (QED) is 0.811. The molecule has 1 fully saturated rings. The molecule has 1 heterocycles. The van der Waals surface area contributed by atoms with Crippen molar-refractivity contribution in [2.24, 2.45) is 5.92 Å². The van der Waals surface area contributed by atoms with Gasteiger partial charge in [0.2, 0.25) is 5.82 Å². The van der Waals surface area contributed by atoms with Crippen LogP contribution in [-0.4, -0.2) is 21.4 Å². The summed E-state index contributed by atoms with van der Waals surface area (Å²) in [6.45, 7) is 4.09. The number of nitrogens with one attached hydrogen (secondary N) is 1. The SMILES string of the molecule is CC(C)(NC(=O)c1ncccn1)C1CC1. The minimum Gasteiger partial charge on any atom is -0.344 e. The van der Waals surface area contributed by atoms with Gasteiger partial charge in [-0.2, -0.15) is 0 Å². The summed E-state index contributed by atoms with van der Waals surface area (Å²) in [5.74, 6) is 0.656. The average molecular weight is 205 g/mol. The number of hydrogen-bond donors (Lipinski definition) is 1. The van der Waals surface area contributed by atoms with Gasteiger partial charge in [-0.3, -0.25) is 4.79 Å². The highest BCUT2D eigenvalue weighted by Crippen LogP contribution is 2.39. The predicted octanol–water partition coefficient (Wildman–Crippen LogP) is 1.40. The van der Waals surface area contributed by atoms with Crippen LogP contribution in [0.2, 0.25) is 0 Å². The standard InChI is InChI=1S/C11H15N3O/c1-11(2,8-4-5-8)14-10(15)9-12-6-3-7-13-9/h3,6-8H,4-5H2,1-2H3,(H,14,15). The van der Waals surface area contributed by atoms with Gasteiger partial charge in [-0.05, 0) is 38.7 Å². The minimum atomic E-state index is -0.188. The molecule has 15 heavy (non-hydrogen) atoms. The van der Waals surface area contributed by atoms with E-state index in [0.29, 0.717) is 5.92 Å². The zero-order valence-corrected chi connectivity index (χ0v) is 9.03. The third-order valence-electron chi connectivity index (χ3n) is 2.80. The second-order valence-electron chi connectivity index (χ2n) is 4.52. The molecule has 1 N–H and O–H groups in total. The van der Waals surface area contributed by atoms with E-state index in [1.807, 2.05) is 13.8 Å². The number of nitrogens with zero attached hydrogens (tertiary/aromatic N) is 2. The van der Waals surface area contributed by atoms with Gasteiger partial charge in [-0.1, -0.05) is 0 Å². The van der Waals surface area contributed by atoms with Gasteiger partial charge in [0.1, 0.15) is 0 Å². The van der Waals surface area contributed by atoms with Crippen LogP contribution in [0, 0.1) is 5.92 Å². The Bertz CT molecular complexity index is 357. The molecule has 1 aromatic rings. The van der Waals surface area contributed by atoms with E-state index in [1.165, 1.54) is 12.8 Å². The van der Waals surface area contributed by atoms with Crippen molar-refractivity contribution in [3.63, 3.8) is 0 Å². The highest BCUT2D eigenvalue weighted by atomic mass is 16.2. The smallest absolute Gasteiger partial charge is 0.289 e. The molecule has 1 amide bonds. The van der Waals surface area contributed by atoms with E-state index in [4.69, 9.17) is 0 Å². The van der Waals surface area contributed by atoms with Gasteiger partial charge in [0.05, 0.1) is 0 Å². The molecule has 0 radical (unpaired) electrons. The highest BCUT2D eigenvalue weighted by Gasteiger charge is 2.39. The molecule has 2 rings (SSSR count). The van der Waals surface area contributed by atoms with Gasteiger partial charge in [0, 0.05) is 17.9 Å². The Morgan fingerprint density at radius 3 is 2.53 bits per heavy atom. The maximum absolute atomic E-state index is 11.8. The monoisotopic (exact) mass is 205 g/mol. The molecular weight excluding hydrogens is 190 g/mol. The van der Waals surface area contributed by atoms with E-state index < -0.39 is 0 Å². The summed E-state index contributed by atoms with van der Waals surface area (Å²) in [7, 11) is 0. The second kappa shape index (κ2) is 3.61. The Labute approximate surface area is 89.1 Å². The molecule has 1 aliphatic rings. The first-order valence-corrected chi connectivity index (χ1v) is 5.19. The lowest BCUT2D eigenvalue weighted by atomic mass is 9.99. The zero-order chi connectivity index (χ0) is 10.9. The lowest BCUT2D eigenvalue weighted by molar-refractivity contribution is 0.0892. The Morgan fingerprint density at radius 1 is 1.40 bits per heavy atom. The number of rotatable bonds is 3. The number of amides is 1. The van der Waals surface area contributed by atoms with E-state index in [2.05, 4.69) is 15.3 Å². The van der Waals surface area contributed by atoms with Crippen LogP contribution in [-0.2, 0) is 0 Å². The van der Waals surface area contributed by atoms with Crippen LogP contribution in [0.5, 0.6) is 0 Å². The van der Waals surface area contributed by atoms with Crippen molar-refractivity contribution in [3.05, 3.63) is 24.3 Å². The third-order valence-corrected chi connectivity index (χ3v) is 2.80. The summed E-state index contributed by atoms with van der Waals surface area (Å²) < 4.78 is 0. The molecule has 4 heteroatoms. The maximum Gasteiger partial charge on any atom is 0.289 e. The van der Waals surface area contributed by atoms with Crippen molar-refractivity contribution >= 4 is 5.91 Å². The Kier molecular flexibility index (Phi) is 2.42. The van der Waals surface area contributed by atoms with Crippen LogP contribution >= 0.6 is 0 Å². The van der Waals surface area contributed by atoms with Crippen LogP contribution in [0.1, 0.15) is 37.3 Å². The fourth-order valence-electron chi connectivity index (χ4n) is 1.67. The zero-order valence-electron chi connectivity index (χ0n) is 9.03. The summed E-state index contributed by atoms with van der Waals surface area (Å²) in [6.07, 6.45) is 5.55. The van der Waals surface area contributed by atoms with Gasteiger partial charge >= 0.3 is 0 Å². The topological polar surface area (TPSA) is 54.9 Å². The molecule has 1 aliphatic carbocycles. The number of hydrogen-bond acceptors (Lipinski definition) is 3. The molecule has 0 bridgehead atoms. The fourth-order valence-corrected chi connectivity index (χ4v) is 1.67. The average Bonchev–Trinajstić information content (AvgIpc) is 3.01. The van der Waals surface area contributed by atoms with Crippen molar-refractivity contribution in [1.82, 2.24) is 15.3 Å². The van der Waals surface area contributed by atoms with Gasteiger partial charge in [-0.25, -0.2) is 9.97 Å². The van der Waals surface area contributed by atoms with Crippen LogP contribution < -0.4 is 5.32 Å². The Hall–Kier alpha value is -1.45. The maximum atomic E-state index is 11.8. The summed E-state index contributed by atoms with van der Waals surface area (Å²) in [4.78, 5) is 19.6. The van der Waals surface area contributed by atoms with E-state index in [-0.39, 0.29) is 17.3 Å². The van der Waals surface area contributed by atoms with Crippen molar-refractivity contribution < 1.29 is 4.79 Å². The lowest BCUT2D eigenvalue weighted by Crippen LogP contribution is -2.45. The van der Waals surface area contributed by atoms with Crippen molar-refractivity contribution in [2.45, 2.75) is 32.2 Å². The first-order valence-electron chi connectivity index (χ1n) is 5.19. The highest BCUT2D eigenvalue weighted by molar-refractivity contribution is 5.90. The first-order chi connectivity index (χ1) is 7.09. The molecule has 1 aromatic heterocycles. The molecule has 1 saturated carbocycles. The van der Waals surface area contributed by atoms with Crippen LogP contribution in [0.4, 0.5) is 0 Å². The van der Waals surface area contributed by atoms with Gasteiger partial charge in [0.15, 0.2) is 0 Å². The van der Waals surface area contributed by atoms with Crippen molar-refractivity contribution in [1.29, 1.82) is 0 Å². The summed E-state index contributed by atoms with van der Waals surface area (Å²) in [5.41, 5.74) is -0.143. The van der Waals surface area contributed by atoms with Crippen molar-refractivity contribution in [2.75, 3.05) is 0 Å². The van der Waals surface area contributed by atoms with E-state index in [0.717, 1.165) is 0 Å².